The third-order valence-electron chi connectivity index (χ3n) is 2.48. The minimum Gasteiger partial charge on any atom is -0.503 e. The third-order valence-corrected chi connectivity index (χ3v) is 4.63. The van der Waals surface area contributed by atoms with Gasteiger partial charge in [-0.1, -0.05) is 6.08 Å². The van der Waals surface area contributed by atoms with Crippen LogP contribution in [-0.4, -0.2) is 12.2 Å². The average molecular weight is 402 g/mol. The molecule has 0 unspecified atom stereocenters. The monoisotopic (exact) mass is 399 g/mol. The third kappa shape index (κ3) is 3.88. The first-order valence-electron chi connectivity index (χ1n) is 5.14. The van der Waals surface area contributed by atoms with Crippen molar-refractivity contribution in [2.24, 2.45) is 5.73 Å². The number of rotatable bonds is 5. The molecule has 0 radical (unpaired) electrons. The molecule has 0 aromatic heterocycles. The zero-order valence-electron chi connectivity index (χ0n) is 9.95. The van der Waals surface area contributed by atoms with Gasteiger partial charge in [0.25, 0.3) is 0 Å². The quantitative estimate of drug-likeness (QED) is 0.723. The Kier molecular flexibility index (Phi) is 7.94. The van der Waals surface area contributed by atoms with Crippen LogP contribution in [0.25, 0.3) is 0 Å². The molecule has 0 fully saturated rings. The number of halogens is 3. The number of phenols is 1. The molecular weight excluding hydrogens is 385 g/mol. The molecule has 0 amide bonds. The second-order valence-corrected chi connectivity index (χ2v) is 5.20. The molecule has 0 heterocycles. The molecule has 1 aromatic rings. The summed E-state index contributed by atoms with van der Waals surface area (Å²) in [6.45, 7) is 3.67. The van der Waals surface area contributed by atoms with Crippen LogP contribution in [0.2, 0.25) is 0 Å². The first-order valence-corrected chi connectivity index (χ1v) is 6.72. The Morgan fingerprint density at radius 1 is 1.50 bits per heavy atom. The molecule has 102 valence electrons. The topological polar surface area (TPSA) is 55.5 Å². The van der Waals surface area contributed by atoms with Crippen molar-refractivity contribution >= 4 is 44.3 Å². The van der Waals surface area contributed by atoms with Crippen molar-refractivity contribution in [2.45, 2.75) is 18.9 Å². The molecule has 1 atom stereocenters. The van der Waals surface area contributed by atoms with Crippen molar-refractivity contribution in [1.82, 2.24) is 0 Å². The summed E-state index contributed by atoms with van der Waals surface area (Å²) in [7, 11) is 1.51. The fourth-order valence-electron chi connectivity index (χ4n) is 1.49. The van der Waals surface area contributed by atoms with Crippen LogP contribution in [0.3, 0.4) is 0 Å². The van der Waals surface area contributed by atoms with E-state index in [0.29, 0.717) is 10.2 Å². The predicted molar refractivity (Wildman–Crippen MR) is 83.7 cm³/mol. The van der Waals surface area contributed by atoms with Crippen LogP contribution in [0.15, 0.2) is 27.7 Å². The zero-order valence-corrected chi connectivity index (χ0v) is 13.9. The lowest BCUT2D eigenvalue weighted by Gasteiger charge is -2.17. The van der Waals surface area contributed by atoms with E-state index in [9.17, 15) is 5.11 Å². The molecule has 0 saturated heterocycles. The molecule has 3 N–H and O–H groups in total. The molecule has 1 aromatic carbocycles. The Morgan fingerprint density at radius 2 is 2.11 bits per heavy atom. The van der Waals surface area contributed by atoms with E-state index in [4.69, 9.17) is 10.5 Å². The molecule has 1 rings (SSSR count). The van der Waals surface area contributed by atoms with E-state index in [1.807, 2.05) is 6.08 Å². The van der Waals surface area contributed by atoms with E-state index in [2.05, 4.69) is 38.4 Å². The number of phenolic OH excluding ortho intramolecular Hbond substituents is 1. The van der Waals surface area contributed by atoms with Gasteiger partial charge in [0.15, 0.2) is 11.5 Å². The van der Waals surface area contributed by atoms with Crippen LogP contribution in [0, 0.1) is 0 Å². The smallest absolute Gasteiger partial charge is 0.173 e. The van der Waals surface area contributed by atoms with Crippen LogP contribution in [0.5, 0.6) is 11.5 Å². The Balaban J connectivity index is 0.00000289. The molecule has 3 nitrogen and oxygen atoms in total. The second kappa shape index (κ2) is 8.04. The molecular formula is C12H16Br2ClNO2. The van der Waals surface area contributed by atoms with Gasteiger partial charge < -0.3 is 15.6 Å². The summed E-state index contributed by atoms with van der Waals surface area (Å²) in [5.74, 6) is 0.475. The summed E-state index contributed by atoms with van der Waals surface area (Å²) in [5.41, 5.74) is 6.99. The van der Waals surface area contributed by atoms with Gasteiger partial charge in [0.2, 0.25) is 0 Å². The minimum absolute atomic E-state index is 0. The van der Waals surface area contributed by atoms with Gasteiger partial charge >= 0.3 is 0 Å². The van der Waals surface area contributed by atoms with Gasteiger partial charge in [0.1, 0.15) is 0 Å². The summed E-state index contributed by atoms with van der Waals surface area (Å²) in [6, 6.07) is 1.62. The lowest BCUT2D eigenvalue weighted by molar-refractivity contribution is 0.370. The summed E-state index contributed by atoms with van der Waals surface area (Å²) < 4.78 is 6.41. The van der Waals surface area contributed by atoms with Gasteiger partial charge in [-0.3, -0.25) is 0 Å². The first-order chi connectivity index (χ1) is 8.02. The number of hydrogen-bond donors (Lipinski definition) is 2. The Labute approximate surface area is 130 Å². The van der Waals surface area contributed by atoms with E-state index in [-0.39, 0.29) is 24.2 Å². The van der Waals surface area contributed by atoms with Crippen molar-refractivity contribution < 1.29 is 9.84 Å². The largest absolute Gasteiger partial charge is 0.503 e. The van der Waals surface area contributed by atoms with E-state index in [0.717, 1.165) is 22.9 Å². The maximum Gasteiger partial charge on any atom is 0.173 e. The number of benzene rings is 1. The minimum atomic E-state index is -0.131. The number of methoxy groups -OCH3 is 1. The van der Waals surface area contributed by atoms with Gasteiger partial charge in [-0.25, -0.2) is 0 Å². The Bertz CT molecular complexity index is 427. The van der Waals surface area contributed by atoms with Crippen LogP contribution in [0.1, 0.15) is 24.4 Å². The molecule has 0 saturated carbocycles. The van der Waals surface area contributed by atoms with Crippen LogP contribution < -0.4 is 10.5 Å². The highest BCUT2D eigenvalue weighted by molar-refractivity contribution is 9.13. The number of hydrogen-bond acceptors (Lipinski definition) is 3. The standard InChI is InChI=1S/C12H15Br2NO2.ClH/c1-3-4-5-8(15)7-6-9(17-2)12(16)11(14)10(7)13;/h3,6,8,16H,1,4-5,15H2,2H3;1H/t8-;/m1./s1. The molecule has 0 aliphatic carbocycles. The summed E-state index contributed by atoms with van der Waals surface area (Å²) in [4.78, 5) is 0. The maximum absolute atomic E-state index is 9.80. The summed E-state index contributed by atoms with van der Waals surface area (Å²) >= 11 is 6.72. The van der Waals surface area contributed by atoms with Crippen molar-refractivity contribution in [3.63, 3.8) is 0 Å². The number of nitrogens with two attached hydrogens (primary N) is 1. The Morgan fingerprint density at radius 3 is 2.61 bits per heavy atom. The molecule has 18 heavy (non-hydrogen) atoms. The number of allylic oxidation sites excluding steroid dienone is 1. The average Bonchev–Trinajstić information content (AvgIpc) is 2.33. The highest BCUT2D eigenvalue weighted by Crippen LogP contribution is 2.43. The SMILES string of the molecule is C=CCC[C@@H](N)c1cc(OC)c(O)c(Br)c1Br.Cl. The fourth-order valence-corrected chi connectivity index (χ4v) is 2.51. The maximum atomic E-state index is 9.80. The first kappa shape index (κ1) is 17.8. The van der Waals surface area contributed by atoms with Gasteiger partial charge in [-0.2, -0.15) is 0 Å². The van der Waals surface area contributed by atoms with Crippen LogP contribution in [0.4, 0.5) is 0 Å². The zero-order chi connectivity index (χ0) is 13.0. The predicted octanol–water partition coefficient (Wildman–Crippen LogP) is 4.31. The summed E-state index contributed by atoms with van der Waals surface area (Å²) in [6.07, 6.45) is 3.47. The summed E-state index contributed by atoms with van der Waals surface area (Å²) in [5, 5.41) is 9.80. The van der Waals surface area contributed by atoms with Crippen LogP contribution in [-0.2, 0) is 0 Å². The second-order valence-electron chi connectivity index (χ2n) is 3.62. The van der Waals surface area contributed by atoms with Gasteiger partial charge in [0.05, 0.1) is 11.6 Å². The lowest BCUT2D eigenvalue weighted by Crippen LogP contribution is -2.11. The highest BCUT2D eigenvalue weighted by Gasteiger charge is 2.18. The number of ether oxygens (including phenoxy) is 1. The van der Waals surface area contributed by atoms with Gasteiger partial charge in [0, 0.05) is 10.5 Å². The molecule has 0 bridgehead atoms. The molecule has 0 aliphatic heterocycles. The van der Waals surface area contributed by atoms with Crippen molar-refractivity contribution in [3.05, 3.63) is 33.2 Å². The van der Waals surface area contributed by atoms with E-state index >= 15 is 0 Å². The Hall–Kier alpha value is -0.230. The van der Waals surface area contributed by atoms with E-state index in [1.54, 1.807) is 6.07 Å². The van der Waals surface area contributed by atoms with Crippen molar-refractivity contribution in [1.29, 1.82) is 0 Å². The normalized spacial score (nSPS) is 11.6. The fraction of sp³-hybridized carbons (Fsp3) is 0.333. The molecule has 0 aliphatic rings. The molecule has 6 heteroatoms. The number of aromatic hydroxyl groups is 1. The van der Waals surface area contributed by atoms with E-state index < -0.39 is 0 Å². The van der Waals surface area contributed by atoms with E-state index in [1.165, 1.54) is 7.11 Å². The van der Waals surface area contributed by atoms with Gasteiger partial charge in [-0.05, 0) is 56.3 Å². The van der Waals surface area contributed by atoms with Crippen molar-refractivity contribution in [3.8, 4) is 11.5 Å². The highest BCUT2D eigenvalue weighted by atomic mass is 79.9. The van der Waals surface area contributed by atoms with Crippen LogP contribution >= 0.6 is 44.3 Å². The molecule has 0 spiro atoms. The lowest BCUT2D eigenvalue weighted by atomic mass is 10.0. The van der Waals surface area contributed by atoms with Crippen molar-refractivity contribution in [2.75, 3.05) is 7.11 Å². The van der Waals surface area contributed by atoms with Gasteiger partial charge in [-0.15, -0.1) is 19.0 Å².